The highest BCUT2D eigenvalue weighted by atomic mass is 79.9. The summed E-state index contributed by atoms with van der Waals surface area (Å²) in [6, 6.07) is 7.80. The fourth-order valence-corrected chi connectivity index (χ4v) is 1.82. The van der Waals surface area contributed by atoms with E-state index in [1.165, 1.54) is 5.56 Å². The molecular formula is C9H8BrClO. The van der Waals surface area contributed by atoms with Crippen molar-refractivity contribution in [2.24, 2.45) is 0 Å². The Morgan fingerprint density at radius 3 is 2.50 bits per heavy atom. The third-order valence-electron chi connectivity index (χ3n) is 1.93. The van der Waals surface area contributed by atoms with E-state index in [2.05, 4.69) is 15.9 Å². The van der Waals surface area contributed by atoms with Gasteiger partial charge in [0.25, 0.3) is 0 Å². The normalized spacial score (nSPS) is 27.2. The molecule has 1 nitrogen and oxygen atoms in total. The molecule has 1 aromatic rings. The summed E-state index contributed by atoms with van der Waals surface area (Å²) in [4.78, 5) is 0. The molecule has 1 saturated heterocycles. The van der Waals surface area contributed by atoms with E-state index in [1.807, 2.05) is 24.3 Å². The standard InChI is InChI=1S/C9H8BrClO/c10-5-8-9(12-8)6-1-3-7(11)4-2-6/h1-4,8-9H,5H2. The van der Waals surface area contributed by atoms with Gasteiger partial charge in [-0.25, -0.2) is 0 Å². The number of alkyl halides is 1. The van der Waals surface area contributed by atoms with E-state index in [0.717, 1.165) is 10.4 Å². The van der Waals surface area contributed by atoms with Gasteiger partial charge in [0.2, 0.25) is 0 Å². The maximum Gasteiger partial charge on any atom is 0.110 e. The molecule has 2 unspecified atom stereocenters. The number of benzene rings is 1. The van der Waals surface area contributed by atoms with E-state index in [9.17, 15) is 0 Å². The Morgan fingerprint density at radius 2 is 2.00 bits per heavy atom. The van der Waals surface area contributed by atoms with Crippen LogP contribution in [0, 0.1) is 0 Å². The molecule has 0 amide bonds. The maximum absolute atomic E-state index is 5.76. The van der Waals surface area contributed by atoms with Crippen LogP contribution in [-0.4, -0.2) is 11.4 Å². The first-order valence-corrected chi connectivity index (χ1v) is 5.28. The van der Waals surface area contributed by atoms with Crippen LogP contribution in [-0.2, 0) is 4.74 Å². The van der Waals surface area contributed by atoms with Crippen molar-refractivity contribution in [3.8, 4) is 0 Å². The molecule has 0 aromatic heterocycles. The van der Waals surface area contributed by atoms with Crippen molar-refractivity contribution in [3.05, 3.63) is 34.9 Å². The van der Waals surface area contributed by atoms with Gasteiger partial charge in [0.15, 0.2) is 0 Å². The first-order valence-electron chi connectivity index (χ1n) is 3.78. The number of hydrogen-bond donors (Lipinski definition) is 0. The van der Waals surface area contributed by atoms with Gasteiger partial charge >= 0.3 is 0 Å². The monoisotopic (exact) mass is 246 g/mol. The van der Waals surface area contributed by atoms with Gasteiger partial charge in [0.1, 0.15) is 6.10 Å². The second-order valence-electron chi connectivity index (χ2n) is 2.80. The lowest BCUT2D eigenvalue weighted by Crippen LogP contribution is -1.88. The second kappa shape index (κ2) is 3.36. The molecule has 3 heteroatoms. The zero-order valence-corrected chi connectivity index (χ0v) is 8.68. The van der Waals surface area contributed by atoms with Crippen molar-refractivity contribution in [1.82, 2.24) is 0 Å². The number of ether oxygens (including phenoxy) is 1. The minimum atomic E-state index is 0.279. The molecule has 0 bridgehead atoms. The topological polar surface area (TPSA) is 12.5 Å². The fraction of sp³-hybridized carbons (Fsp3) is 0.333. The van der Waals surface area contributed by atoms with Crippen LogP contribution < -0.4 is 0 Å². The predicted molar refractivity (Wildman–Crippen MR) is 52.9 cm³/mol. The molecule has 0 aliphatic carbocycles. The molecule has 1 heterocycles. The third kappa shape index (κ3) is 1.65. The molecule has 2 atom stereocenters. The summed E-state index contributed by atoms with van der Waals surface area (Å²) >= 11 is 9.13. The summed E-state index contributed by atoms with van der Waals surface area (Å²) in [5, 5.41) is 1.68. The average Bonchev–Trinajstić information content (AvgIpc) is 2.85. The van der Waals surface area contributed by atoms with E-state index >= 15 is 0 Å². The van der Waals surface area contributed by atoms with Crippen LogP contribution in [0.4, 0.5) is 0 Å². The van der Waals surface area contributed by atoms with Crippen molar-refractivity contribution < 1.29 is 4.74 Å². The highest BCUT2D eigenvalue weighted by Crippen LogP contribution is 2.39. The Hall–Kier alpha value is -0.0500. The number of halogens is 2. The van der Waals surface area contributed by atoms with Crippen molar-refractivity contribution in [2.75, 3.05) is 5.33 Å². The quantitative estimate of drug-likeness (QED) is 0.578. The summed E-state index contributed by atoms with van der Waals surface area (Å²) in [5.74, 6) is 0. The first kappa shape index (κ1) is 8.54. The van der Waals surface area contributed by atoms with Gasteiger partial charge in [-0.05, 0) is 17.7 Å². The number of rotatable bonds is 2. The van der Waals surface area contributed by atoms with Crippen LogP contribution in [0.5, 0.6) is 0 Å². The number of epoxide rings is 1. The molecule has 0 saturated carbocycles. The summed E-state index contributed by atoms with van der Waals surface area (Å²) in [6.07, 6.45) is 0.632. The highest BCUT2D eigenvalue weighted by Gasteiger charge is 2.38. The molecule has 1 aromatic carbocycles. The SMILES string of the molecule is Clc1ccc(C2OC2CBr)cc1. The van der Waals surface area contributed by atoms with Crippen molar-refractivity contribution in [3.63, 3.8) is 0 Å². The fourth-order valence-electron chi connectivity index (χ4n) is 1.21. The molecule has 2 rings (SSSR count). The Kier molecular flexibility index (Phi) is 2.40. The van der Waals surface area contributed by atoms with Gasteiger partial charge in [-0.2, -0.15) is 0 Å². The third-order valence-corrected chi connectivity index (χ3v) is 2.82. The van der Waals surface area contributed by atoms with Gasteiger partial charge in [0, 0.05) is 10.4 Å². The average molecular weight is 248 g/mol. The zero-order chi connectivity index (χ0) is 8.55. The Bertz CT molecular complexity index is 272. The second-order valence-corrected chi connectivity index (χ2v) is 3.88. The molecule has 0 radical (unpaired) electrons. The van der Waals surface area contributed by atoms with Gasteiger partial charge in [-0.3, -0.25) is 0 Å². The smallest absolute Gasteiger partial charge is 0.110 e. The van der Waals surface area contributed by atoms with Crippen LogP contribution in [0.1, 0.15) is 11.7 Å². The van der Waals surface area contributed by atoms with Gasteiger partial charge < -0.3 is 4.74 Å². The minimum absolute atomic E-state index is 0.279. The molecule has 0 N–H and O–H groups in total. The summed E-state index contributed by atoms with van der Waals surface area (Å²) in [5.41, 5.74) is 1.21. The van der Waals surface area contributed by atoms with E-state index in [0.29, 0.717) is 6.10 Å². The Labute approximate surface area is 84.8 Å². The Balaban J connectivity index is 2.10. The molecule has 1 aliphatic rings. The largest absolute Gasteiger partial charge is 0.364 e. The lowest BCUT2D eigenvalue weighted by atomic mass is 10.1. The molecule has 1 aliphatic heterocycles. The van der Waals surface area contributed by atoms with Crippen LogP contribution in [0.25, 0.3) is 0 Å². The van der Waals surface area contributed by atoms with Crippen LogP contribution in [0.15, 0.2) is 24.3 Å². The molecular weight excluding hydrogens is 239 g/mol. The summed E-state index contributed by atoms with van der Waals surface area (Å²) < 4.78 is 5.40. The van der Waals surface area contributed by atoms with Gasteiger partial charge in [-0.1, -0.05) is 39.7 Å². The van der Waals surface area contributed by atoms with Gasteiger partial charge in [0.05, 0.1) is 6.10 Å². The van der Waals surface area contributed by atoms with Crippen molar-refractivity contribution >= 4 is 27.5 Å². The molecule has 12 heavy (non-hydrogen) atoms. The van der Waals surface area contributed by atoms with E-state index in [4.69, 9.17) is 16.3 Å². The molecule has 64 valence electrons. The Morgan fingerprint density at radius 1 is 1.33 bits per heavy atom. The van der Waals surface area contributed by atoms with Crippen LogP contribution in [0.2, 0.25) is 5.02 Å². The van der Waals surface area contributed by atoms with E-state index in [-0.39, 0.29) is 6.10 Å². The predicted octanol–water partition coefficient (Wildman–Crippen LogP) is 3.17. The maximum atomic E-state index is 5.76. The molecule has 1 fully saturated rings. The van der Waals surface area contributed by atoms with Crippen LogP contribution in [0.3, 0.4) is 0 Å². The van der Waals surface area contributed by atoms with Crippen molar-refractivity contribution in [2.45, 2.75) is 12.2 Å². The van der Waals surface area contributed by atoms with Crippen molar-refractivity contribution in [1.29, 1.82) is 0 Å². The lowest BCUT2D eigenvalue weighted by molar-refractivity contribution is 0.385. The number of hydrogen-bond acceptors (Lipinski definition) is 1. The summed E-state index contributed by atoms with van der Waals surface area (Å²) in [6.45, 7) is 0. The minimum Gasteiger partial charge on any atom is -0.364 e. The highest BCUT2D eigenvalue weighted by molar-refractivity contribution is 9.09. The first-order chi connectivity index (χ1) is 5.81. The summed E-state index contributed by atoms with van der Waals surface area (Å²) in [7, 11) is 0. The molecule has 0 spiro atoms. The zero-order valence-electron chi connectivity index (χ0n) is 6.34. The van der Waals surface area contributed by atoms with E-state index in [1.54, 1.807) is 0 Å². The van der Waals surface area contributed by atoms with Crippen LogP contribution >= 0.6 is 27.5 Å². The van der Waals surface area contributed by atoms with Gasteiger partial charge in [-0.15, -0.1) is 0 Å². The lowest BCUT2D eigenvalue weighted by Gasteiger charge is -1.94. The van der Waals surface area contributed by atoms with E-state index < -0.39 is 0 Å².